The van der Waals surface area contributed by atoms with Crippen LogP contribution in [0.4, 0.5) is 0 Å². The van der Waals surface area contributed by atoms with E-state index in [2.05, 4.69) is 35.3 Å². The van der Waals surface area contributed by atoms with Crippen molar-refractivity contribution in [3.8, 4) is 6.07 Å². The van der Waals surface area contributed by atoms with E-state index in [1.807, 2.05) is 16.8 Å². The van der Waals surface area contributed by atoms with E-state index in [0.717, 1.165) is 25.1 Å². The second-order valence-corrected chi connectivity index (χ2v) is 3.97. The second kappa shape index (κ2) is 5.86. The molecule has 0 bridgehead atoms. The van der Waals surface area contributed by atoms with Gasteiger partial charge in [0, 0.05) is 18.8 Å². The number of aromatic nitrogens is 2. The van der Waals surface area contributed by atoms with E-state index in [1.165, 1.54) is 5.56 Å². The minimum atomic E-state index is 0.390. The third-order valence-electron chi connectivity index (χ3n) is 2.75. The van der Waals surface area contributed by atoms with Gasteiger partial charge < -0.3 is 4.57 Å². The van der Waals surface area contributed by atoms with Crippen LogP contribution < -0.4 is 0 Å². The van der Waals surface area contributed by atoms with E-state index in [1.54, 1.807) is 6.20 Å². The molecule has 0 fully saturated rings. The molecule has 3 nitrogen and oxygen atoms in total. The lowest BCUT2D eigenvalue weighted by Gasteiger charge is -2.03. The number of hydrogen-bond acceptors (Lipinski definition) is 2. The Bertz CT molecular complexity index is 494. The van der Waals surface area contributed by atoms with E-state index < -0.39 is 0 Å². The predicted octanol–water partition coefficient (Wildman–Crippen LogP) is 2.58. The highest BCUT2D eigenvalue weighted by atomic mass is 15.1. The molecule has 2 aromatic rings. The fourth-order valence-electron chi connectivity index (χ4n) is 1.88. The maximum absolute atomic E-state index is 8.67. The van der Waals surface area contributed by atoms with Gasteiger partial charge in [-0.25, -0.2) is 4.98 Å². The predicted molar refractivity (Wildman–Crippen MR) is 66.3 cm³/mol. The molecule has 1 aromatic heterocycles. The maximum atomic E-state index is 8.67. The van der Waals surface area contributed by atoms with Crippen molar-refractivity contribution in [2.45, 2.75) is 25.8 Å². The van der Waals surface area contributed by atoms with Gasteiger partial charge in [0.1, 0.15) is 12.4 Å². The van der Waals surface area contributed by atoms with Crippen LogP contribution in [0, 0.1) is 11.3 Å². The van der Waals surface area contributed by atoms with Crippen LogP contribution in [-0.4, -0.2) is 9.55 Å². The van der Waals surface area contributed by atoms with Crippen molar-refractivity contribution in [1.29, 1.82) is 5.26 Å². The number of aryl methyl sites for hydroxylation is 2. The fraction of sp³-hybridized carbons (Fsp3) is 0.286. The Hall–Kier alpha value is -2.08. The van der Waals surface area contributed by atoms with Gasteiger partial charge in [0.2, 0.25) is 0 Å². The van der Waals surface area contributed by atoms with Gasteiger partial charge in [-0.05, 0) is 18.4 Å². The zero-order valence-corrected chi connectivity index (χ0v) is 9.71. The van der Waals surface area contributed by atoms with Crippen molar-refractivity contribution >= 4 is 0 Å². The number of hydrogen-bond donors (Lipinski definition) is 0. The minimum absolute atomic E-state index is 0.390. The van der Waals surface area contributed by atoms with Crippen molar-refractivity contribution in [3.05, 3.63) is 54.1 Å². The summed E-state index contributed by atoms with van der Waals surface area (Å²) in [6.45, 7) is 0.390. The molecule has 1 aromatic carbocycles. The highest BCUT2D eigenvalue weighted by molar-refractivity contribution is 5.14. The Morgan fingerprint density at radius 2 is 2.00 bits per heavy atom. The summed E-state index contributed by atoms with van der Waals surface area (Å²) in [7, 11) is 0. The monoisotopic (exact) mass is 225 g/mol. The average molecular weight is 225 g/mol. The number of nitriles is 1. The van der Waals surface area contributed by atoms with E-state index in [9.17, 15) is 0 Å². The number of imidazole rings is 1. The van der Waals surface area contributed by atoms with Gasteiger partial charge in [-0.3, -0.25) is 0 Å². The molecule has 1 heterocycles. The Morgan fingerprint density at radius 3 is 2.76 bits per heavy atom. The van der Waals surface area contributed by atoms with Gasteiger partial charge in [0.15, 0.2) is 0 Å². The van der Waals surface area contributed by atoms with Crippen molar-refractivity contribution in [2.75, 3.05) is 0 Å². The van der Waals surface area contributed by atoms with Crippen LogP contribution in [0.3, 0.4) is 0 Å². The molecule has 0 saturated carbocycles. The topological polar surface area (TPSA) is 41.6 Å². The second-order valence-electron chi connectivity index (χ2n) is 3.97. The maximum Gasteiger partial charge on any atom is 0.111 e. The molecule has 0 radical (unpaired) electrons. The summed E-state index contributed by atoms with van der Waals surface area (Å²) in [6.07, 6.45) is 6.66. The molecule has 0 aliphatic carbocycles. The standard InChI is InChI=1S/C14H15N3/c15-9-11-17-12-10-16-14(17)8-4-7-13-5-2-1-3-6-13/h1-3,5-6,10,12H,4,7-8,11H2. The summed E-state index contributed by atoms with van der Waals surface area (Å²) in [5, 5.41) is 8.67. The Balaban J connectivity index is 1.86. The lowest BCUT2D eigenvalue weighted by atomic mass is 10.1. The third kappa shape index (κ3) is 3.18. The van der Waals surface area contributed by atoms with Crippen molar-refractivity contribution in [3.63, 3.8) is 0 Å². The SMILES string of the molecule is N#CCn1ccnc1CCCc1ccccc1. The largest absolute Gasteiger partial charge is 0.321 e. The molecular formula is C14H15N3. The molecule has 0 amide bonds. The van der Waals surface area contributed by atoms with Crippen molar-refractivity contribution < 1.29 is 0 Å². The zero-order valence-electron chi connectivity index (χ0n) is 9.71. The van der Waals surface area contributed by atoms with Crippen LogP contribution in [0.5, 0.6) is 0 Å². The Labute approximate surface area is 101 Å². The van der Waals surface area contributed by atoms with Gasteiger partial charge in [-0.15, -0.1) is 0 Å². The third-order valence-corrected chi connectivity index (χ3v) is 2.75. The molecule has 2 rings (SSSR count). The minimum Gasteiger partial charge on any atom is -0.321 e. The molecule has 0 saturated heterocycles. The highest BCUT2D eigenvalue weighted by Gasteiger charge is 2.02. The van der Waals surface area contributed by atoms with Crippen LogP contribution in [0.15, 0.2) is 42.7 Å². The molecule has 3 heteroatoms. The molecule has 0 spiro atoms. The van der Waals surface area contributed by atoms with Crippen molar-refractivity contribution in [1.82, 2.24) is 9.55 Å². The summed E-state index contributed by atoms with van der Waals surface area (Å²) in [6, 6.07) is 12.6. The summed E-state index contributed by atoms with van der Waals surface area (Å²) in [4.78, 5) is 4.28. The average Bonchev–Trinajstić information content (AvgIpc) is 2.79. The molecular weight excluding hydrogens is 210 g/mol. The molecule has 0 atom stereocenters. The molecule has 0 N–H and O–H groups in total. The molecule has 17 heavy (non-hydrogen) atoms. The van der Waals surface area contributed by atoms with E-state index in [0.29, 0.717) is 6.54 Å². The van der Waals surface area contributed by atoms with E-state index in [-0.39, 0.29) is 0 Å². The molecule has 0 aliphatic heterocycles. The Kier molecular flexibility index (Phi) is 3.93. The Morgan fingerprint density at radius 1 is 1.18 bits per heavy atom. The summed E-state index contributed by atoms with van der Waals surface area (Å²) in [5.41, 5.74) is 1.35. The first-order valence-electron chi connectivity index (χ1n) is 5.81. The highest BCUT2D eigenvalue weighted by Crippen LogP contribution is 2.07. The summed E-state index contributed by atoms with van der Waals surface area (Å²) in [5.74, 6) is 1.00. The van der Waals surface area contributed by atoms with E-state index >= 15 is 0 Å². The van der Waals surface area contributed by atoms with Gasteiger partial charge >= 0.3 is 0 Å². The first kappa shape index (κ1) is 11.4. The van der Waals surface area contributed by atoms with Crippen LogP contribution >= 0.6 is 0 Å². The van der Waals surface area contributed by atoms with Gasteiger partial charge in [-0.2, -0.15) is 5.26 Å². The molecule has 0 aliphatic rings. The lowest BCUT2D eigenvalue weighted by Crippen LogP contribution is -2.02. The van der Waals surface area contributed by atoms with Gasteiger partial charge in [0.05, 0.1) is 6.07 Å². The fourth-order valence-corrected chi connectivity index (χ4v) is 1.88. The summed E-state index contributed by atoms with van der Waals surface area (Å²) >= 11 is 0. The van der Waals surface area contributed by atoms with Crippen LogP contribution in [0.2, 0.25) is 0 Å². The van der Waals surface area contributed by atoms with E-state index in [4.69, 9.17) is 5.26 Å². The van der Waals surface area contributed by atoms with Gasteiger partial charge in [0.25, 0.3) is 0 Å². The van der Waals surface area contributed by atoms with Gasteiger partial charge in [-0.1, -0.05) is 30.3 Å². The quantitative estimate of drug-likeness (QED) is 0.784. The number of nitrogens with zero attached hydrogens (tertiary/aromatic N) is 3. The van der Waals surface area contributed by atoms with Crippen LogP contribution in [0.25, 0.3) is 0 Å². The molecule has 0 unspecified atom stereocenters. The normalized spacial score (nSPS) is 10.1. The van der Waals surface area contributed by atoms with Crippen LogP contribution in [-0.2, 0) is 19.4 Å². The van der Waals surface area contributed by atoms with Crippen LogP contribution in [0.1, 0.15) is 17.8 Å². The van der Waals surface area contributed by atoms with Crippen molar-refractivity contribution in [2.24, 2.45) is 0 Å². The summed E-state index contributed by atoms with van der Waals surface area (Å²) < 4.78 is 1.91. The molecule has 86 valence electrons. The smallest absolute Gasteiger partial charge is 0.111 e. The zero-order chi connectivity index (χ0) is 11.9. The number of benzene rings is 1. The lowest BCUT2D eigenvalue weighted by molar-refractivity contribution is 0.698. The number of rotatable bonds is 5. The first-order valence-corrected chi connectivity index (χ1v) is 5.81. The first-order chi connectivity index (χ1) is 8.40.